The van der Waals surface area contributed by atoms with Crippen LogP contribution in [0.25, 0.3) is 0 Å². The van der Waals surface area contributed by atoms with Crippen molar-refractivity contribution in [3.63, 3.8) is 0 Å². The first kappa shape index (κ1) is 22.0. The fourth-order valence-corrected chi connectivity index (χ4v) is 2.85. The molecule has 1 aromatic carbocycles. The number of nitro benzene ring substituents is 1. The number of nitrogens with zero attached hydrogens (tertiary/aromatic N) is 3. The van der Waals surface area contributed by atoms with E-state index in [1.807, 2.05) is 6.92 Å². The Morgan fingerprint density at radius 3 is 2.55 bits per heavy atom. The van der Waals surface area contributed by atoms with Crippen LogP contribution in [0.2, 0.25) is 0 Å². The van der Waals surface area contributed by atoms with Gasteiger partial charge in [0.05, 0.1) is 11.3 Å². The van der Waals surface area contributed by atoms with Gasteiger partial charge < -0.3 is 20.1 Å². The van der Waals surface area contributed by atoms with Gasteiger partial charge in [0.2, 0.25) is 0 Å². The minimum atomic E-state index is -1.00. The molecule has 10 heteroatoms. The van der Waals surface area contributed by atoms with E-state index < -0.39 is 22.9 Å². The molecule has 29 heavy (non-hydrogen) atoms. The zero-order valence-corrected chi connectivity index (χ0v) is 16.0. The van der Waals surface area contributed by atoms with Gasteiger partial charge in [-0.25, -0.2) is 4.98 Å². The Bertz CT molecular complexity index is 849. The van der Waals surface area contributed by atoms with Crippen LogP contribution in [0, 0.1) is 16.0 Å². The van der Waals surface area contributed by atoms with Gasteiger partial charge in [-0.2, -0.15) is 0 Å². The van der Waals surface area contributed by atoms with Crippen molar-refractivity contribution in [1.29, 1.82) is 0 Å². The van der Waals surface area contributed by atoms with Crippen molar-refractivity contribution in [2.75, 3.05) is 6.54 Å². The van der Waals surface area contributed by atoms with Crippen molar-refractivity contribution >= 4 is 17.6 Å². The number of carboxylic acid groups (broad SMARTS) is 2. The molecule has 2 aromatic rings. The van der Waals surface area contributed by atoms with E-state index in [0.29, 0.717) is 25.2 Å². The Balaban J connectivity index is 1.98. The highest BCUT2D eigenvalue weighted by atomic mass is 16.6. The summed E-state index contributed by atoms with van der Waals surface area (Å²) in [6.07, 6.45) is 3.89. The number of imidazole rings is 1. The SMILES string of the molecule is CC(CCC(=O)O)CNC(Cc1cncn1Cc1ccc([N+](=O)[O-])cc1)C(=O)O. The summed E-state index contributed by atoms with van der Waals surface area (Å²) in [5.41, 5.74) is 1.55. The Hall–Kier alpha value is -3.27. The predicted molar refractivity (Wildman–Crippen MR) is 104 cm³/mol. The summed E-state index contributed by atoms with van der Waals surface area (Å²) in [5.74, 6) is -1.85. The van der Waals surface area contributed by atoms with Crippen molar-refractivity contribution < 1.29 is 24.7 Å². The lowest BCUT2D eigenvalue weighted by Gasteiger charge is -2.18. The lowest BCUT2D eigenvalue weighted by molar-refractivity contribution is -0.384. The number of rotatable bonds is 12. The number of nitro groups is 1. The van der Waals surface area contributed by atoms with Crippen LogP contribution in [0.1, 0.15) is 31.0 Å². The summed E-state index contributed by atoms with van der Waals surface area (Å²) in [4.78, 5) is 36.6. The maximum absolute atomic E-state index is 11.6. The first-order valence-corrected chi connectivity index (χ1v) is 9.16. The van der Waals surface area contributed by atoms with Crippen LogP contribution >= 0.6 is 0 Å². The van der Waals surface area contributed by atoms with Crippen LogP contribution in [-0.4, -0.2) is 49.2 Å². The van der Waals surface area contributed by atoms with Crippen molar-refractivity contribution in [2.45, 2.75) is 38.8 Å². The van der Waals surface area contributed by atoms with Gasteiger partial charge in [-0.05, 0) is 24.4 Å². The molecular formula is C19H24N4O6. The van der Waals surface area contributed by atoms with Crippen molar-refractivity contribution in [1.82, 2.24) is 14.9 Å². The molecule has 0 saturated carbocycles. The monoisotopic (exact) mass is 404 g/mol. The number of benzene rings is 1. The van der Waals surface area contributed by atoms with E-state index in [1.165, 1.54) is 12.1 Å². The smallest absolute Gasteiger partial charge is 0.321 e. The van der Waals surface area contributed by atoms with E-state index in [2.05, 4.69) is 10.3 Å². The summed E-state index contributed by atoms with van der Waals surface area (Å²) in [6, 6.07) is 5.31. The third-order valence-corrected chi connectivity index (χ3v) is 4.57. The second kappa shape index (κ2) is 10.3. The molecule has 3 N–H and O–H groups in total. The van der Waals surface area contributed by atoms with Gasteiger partial charge in [0.25, 0.3) is 5.69 Å². The molecule has 0 radical (unpaired) electrons. The zero-order valence-electron chi connectivity index (χ0n) is 16.0. The highest BCUT2D eigenvalue weighted by Gasteiger charge is 2.20. The van der Waals surface area contributed by atoms with Crippen LogP contribution in [0.3, 0.4) is 0 Å². The molecule has 2 unspecified atom stereocenters. The molecule has 0 aliphatic rings. The van der Waals surface area contributed by atoms with Gasteiger partial charge in [-0.1, -0.05) is 19.1 Å². The van der Waals surface area contributed by atoms with E-state index in [4.69, 9.17) is 5.11 Å². The molecule has 0 bridgehead atoms. The van der Waals surface area contributed by atoms with Crippen molar-refractivity contribution in [3.05, 3.63) is 58.2 Å². The van der Waals surface area contributed by atoms with E-state index in [1.54, 1.807) is 29.2 Å². The number of aromatic nitrogens is 2. The third kappa shape index (κ3) is 7.00. The summed E-state index contributed by atoms with van der Waals surface area (Å²) in [5, 5.41) is 32.0. The van der Waals surface area contributed by atoms with Gasteiger partial charge in [0.15, 0.2) is 0 Å². The van der Waals surface area contributed by atoms with Gasteiger partial charge in [0.1, 0.15) is 6.04 Å². The Morgan fingerprint density at radius 2 is 1.97 bits per heavy atom. The fourth-order valence-electron chi connectivity index (χ4n) is 2.85. The largest absolute Gasteiger partial charge is 0.481 e. The number of non-ortho nitro benzene ring substituents is 1. The first-order chi connectivity index (χ1) is 13.8. The van der Waals surface area contributed by atoms with Gasteiger partial charge >= 0.3 is 11.9 Å². The molecule has 0 aliphatic carbocycles. The normalized spacial score (nSPS) is 13.0. The van der Waals surface area contributed by atoms with Gasteiger partial charge in [-0.15, -0.1) is 0 Å². The summed E-state index contributed by atoms with van der Waals surface area (Å²) < 4.78 is 1.80. The standard InChI is InChI=1S/C19H24N4O6/c1-13(2-7-18(24)25)9-21-17(19(26)27)8-16-10-20-12-22(16)11-14-3-5-15(6-4-14)23(28)29/h3-6,10,12-13,17,21H,2,7-9,11H2,1H3,(H,24,25)(H,26,27). The highest BCUT2D eigenvalue weighted by molar-refractivity contribution is 5.73. The van der Waals surface area contributed by atoms with E-state index >= 15 is 0 Å². The second-order valence-electron chi connectivity index (χ2n) is 6.98. The molecular weight excluding hydrogens is 380 g/mol. The van der Waals surface area contributed by atoms with Crippen LogP contribution in [0.5, 0.6) is 0 Å². The Labute approximate surface area is 167 Å². The van der Waals surface area contributed by atoms with Crippen LogP contribution in [0.4, 0.5) is 5.69 Å². The quantitative estimate of drug-likeness (QED) is 0.359. The molecule has 0 saturated heterocycles. The molecule has 2 rings (SSSR count). The van der Waals surface area contributed by atoms with E-state index in [9.17, 15) is 24.8 Å². The molecule has 0 spiro atoms. The lowest BCUT2D eigenvalue weighted by atomic mass is 10.0. The number of carbonyl (C=O) groups is 2. The van der Waals surface area contributed by atoms with Crippen LogP contribution < -0.4 is 5.32 Å². The average molecular weight is 404 g/mol. The fraction of sp³-hybridized carbons (Fsp3) is 0.421. The topological polar surface area (TPSA) is 148 Å². The number of carboxylic acids is 2. The molecule has 1 heterocycles. The van der Waals surface area contributed by atoms with Crippen LogP contribution in [-0.2, 0) is 22.6 Å². The van der Waals surface area contributed by atoms with Crippen molar-refractivity contribution in [3.8, 4) is 0 Å². The van der Waals surface area contributed by atoms with Gasteiger partial charge in [0, 0.05) is 43.4 Å². The minimum absolute atomic E-state index is 0.00626. The van der Waals surface area contributed by atoms with Gasteiger partial charge in [-0.3, -0.25) is 19.7 Å². The molecule has 0 fully saturated rings. The van der Waals surface area contributed by atoms with E-state index in [-0.39, 0.29) is 24.4 Å². The second-order valence-corrected chi connectivity index (χ2v) is 6.98. The molecule has 156 valence electrons. The molecule has 1 aromatic heterocycles. The summed E-state index contributed by atoms with van der Waals surface area (Å²) in [7, 11) is 0. The predicted octanol–water partition coefficient (Wildman–Crippen LogP) is 1.93. The molecule has 2 atom stereocenters. The number of hydrogen-bond acceptors (Lipinski definition) is 6. The van der Waals surface area contributed by atoms with Crippen LogP contribution in [0.15, 0.2) is 36.8 Å². The number of aliphatic carboxylic acids is 2. The maximum atomic E-state index is 11.6. The molecule has 10 nitrogen and oxygen atoms in total. The lowest BCUT2D eigenvalue weighted by Crippen LogP contribution is -2.41. The minimum Gasteiger partial charge on any atom is -0.481 e. The first-order valence-electron chi connectivity index (χ1n) is 9.16. The third-order valence-electron chi connectivity index (χ3n) is 4.57. The zero-order chi connectivity index (χ0) is 21.4. The van der Waals surface area contributed by atoms with E-state index in [0.717, 1.165) is 5.56 Å². The maximum Gasteiger partial charge on any atom is 0.321 e. The van der Waals surface area contributed by atoms with Crippen molar-refractivity contribution in [2.24, 2.45) is 5.92 Å². The average Bonchev–Trinajstić information content (AvgIpc) is 3.10. The summed E-state index contributed by atoms with van der Waals surface area (Å²) >= 11 is 0. The number of nitrogens with one attached hydrogen (secondary N) is 1. The molecule has 0 aliphatic heterocycles. The molecule has 0 amide bonds. The number of hydrogen-bond donors (Lipinski definition) is 3. The Kier molecular flexibility index (Phi) is 7.84. The highest BCUT2D eigenvalue weighted by Crippen LogP contribution is 2.14. The summed E-state index contributed by atoms with van der Waals surface area (Å²) in [6.45, 7) is 2.67. The Morgan fingerprint density at radius 1 is 1.28 bits per heavy atom.